The fraction of sp³-hybridized carbons (Fsp3) is 0.500. The first-order valence-corrected chi connectivity index (χ1v) is 4.77. The molecule has 1 N–H and O–H groups in total. The van der Waals surface area contributed by atoms with Crippen LogP contribution in [0.3, 0.4) is 0 Å². The lowest BCUT2D eigenvalue weighted by Gasteiger charge is -2.16. The number of carboxylic acids is 1. The Morgan fingerprint density at radius 3 is 2.53 bits per heavy atom. The third-order valence-corrected chi connectivity index (χ3v) is 2.07. The summed E-state index contributed by atoms with van der Waals surface area (Å²) in [4.78, 5) is 11.7. The third kappa shape index (κ3) is 4.10. The highest BCUT2D eigenvalue weighted by molar-refractivity contribution is 5.88. The van der Waals surface area contributed by atoms with Gasteiger partial charge in [0.15, 0.2) is 0 Å². The molecule has 1 rings (SSSR count). The zero-order valence-electron chi connectivity index (χ0n) is 9.34. The Morgan fingerprint density at radius 2 is 2.12 bits per heavy atom. The third-order valence-electron chi connectivity index (χ3n) is 2.07. The average Bonchev–Trinajstić information content (AvgIpc) is 2.42. The average molecular weight is 251 g/mol. The molecular formula is C10H12F3NO3. The first-order chi connectivity index (χ1) is 7.69. The van der Waals surface area contributed by atoms with Crippen LogP contribution in [-0.2, 0) is 6.54 Å². The molecule has 0 aliphatic carbocycles. The lowest BCUT2D eigenvalue weighted by Crippen LogP contribution is -2.30. The molecule has 4 nitrogen and oxygen atoms in total. The van der Waals surface area contributed by atoms with E-state index in [0.717, 1.165) is 4.90 Å². The summed E-state index contributed by atoms with van der Waals surface area (Å²) < 4.78 is 41.2. The number of aryl methyl sites for hydroxylation is 1. The van der Waals surface area contributed by atoms with Gasteiger partial charge < -0.3 is 9.52 Å². The van der Waals surface area contributed by atoms with Gasteiger partial charge in [0.05, 0.1) is 13.1 Å². The normalized spacial score (nSPS) is 12.1. The van der Waals surface area contributed by atoms with Crippen LogP contribution in [-0.4, -0.2) is 35.7 Å². The standard InChI is InChI=1S/C10H12F3NO3/c1-6-8(9(15)16)3-7(17-6)4-14(2)5-10(11,12)13/h3H,4-5H2,1-2H3,(H,15,16). The molecule has 1 heterocycles. The molecule has 0 spiro atoms. The van der Waals surface area contributed by atoms with Gasteiger partial charge in [0.25, 0.3) is 0 Å². The van der Waals surface area contributed by atoms with Crippen molar-refractivity contribution in [2.24, 2.45) is 0 Å². The van der Waals surface area contributed by atoms with Crippen LogP contribution in [0.4, 0.5) is 13.2 Å². The van der Waals surface area contributed by atoms with E-state index in [0.29, 0.717) is 0 Å². The van der Waals surface area contributed by atoms with Crippen molar-refractivity contribution >= 4 is 5.97 Å². The summed E-state index contributed by atoms with van der Waals surface area (Å²) in [6, 6.07) is 1.24. The number of hydrogen-bond acceptors (Lipinski definition) is 3. The molecule has 0 aliphatic heterocycles. The van der Waals surface area contributed by atoms with Crippen LogP contribution in [0.5, 0.6) is 0 Å². The van der Waals surface area contributed by atoms with Gasteiger partial charge in [-0.15, -0.1) is 0 Å². The number of alkyl halides is 3. The largest absolute Gasteiger partial charge is 0.478 e. The molecular weight excluding hydrogens is 239 g/mol. The van der Waals surface area contributed by atoms with E-state index in [1.807, 2.05) is 0 Å². The summed E-state index contributed by atoms with van der Waals surface area (Å²) >= 11 is 0. The van der Waals surface area contributed by atoms with Crippen LogP contribution >= 0.6 is 0 Å². The second-order valence-electron chi connectivity index (χ2n) is 3.78. The van der Waals surface area contributed by atoms with E-state index in [4.69, 9.17) is 9.52 Å². The number of carbonyl (C=O) groups is 1. The maximum atomic E-state index is 12.1. The van der Waals surface area contributed by atoms with Gasteiger partial charge in [0.2, 0.25) is 0 Å². The number of halogens is 3. The monoisotopic (exact) mass is 251 g/mol. The van der Waals surface area contributed by atoms with E-state index in [2.05, 4.69) is 0 Å². The molecule has 0 atom stereocenters. The lowest BCUT2D eigenvalue weighted by molar-refractivity contribution is -0.144. The van der Waals surface area contributed by atoms with Crippen molar-refractivity contribution < 1.29 is 27.5 Å². The number of furan rings is 1. The highest BCUT2D eigenvalue weighted by Crippen LogP contribution is 2.19. The van der Waals surface area contributed by atoms with Crippen LogP contribution in [0.25, 0.3) is 0 Å². The number of carboxylic acid groups (broad SMARTS) is 1. The van der Waals surface area contributed by atoms with E-state index < -0.39 is 18.7 Å². The zero-order valence-corrected chi connectivity index (χ0v) is 9.34. The zero-order chi connectivity index (χ0) is 13.2. The molecule has 7 heteroatoms. The molecule has 0 amide bonds. The van der Waals surface area contributed by atoms with Crippen molar-refractivity contribution in [3.8, 4) is 0 Å². The summed E-state index contributed by atoms with van der Waals surface area (Å²) in [6.45, 7) is 0.291. The lowest BCUT2D eigenvalue weighted by atomic mass is 10.2. The minimum absolute atomic E-state index is 0.0274. The van der Waals surface area contributed by atoms with Crippen molar-refractivity contribution in [1.29, 1.82) is 0 Å². The summed E-state index contributed by atoms with van der Waals surface area (Å²) in [5.74, 6) is -0.768. The molecule has 0 aliphatic rings. The van der Waals surface area contributed by atoms with Gasteiger partial charge in [-0.05, 0) is 20.0 Å². The predicted octanol–water partition coefficient (Wildman–Crippen LogP) is 2.28. The van der Waals surface area contributed by atoms with Gasteiger partial charge >= 0.3 is 12.1 Å². The molecule has 1 aromatic rings. The van der Waals surface area contributed by atoms with E-state index in [1.165, 1.54) is 20.0 Å². The molecule has 0 saturated carbocycles. The van der Waals surface area contributed by atoms with Gasteiger partial charge in [-0.2, -0.15) is 13.2 Å². The van der Waals surface area contributed by atoms with Crippen LogP contribution < -0.4 is 0 Å². The first kappa shape index (κ1) is 13.6. The van der Waals surface area contributed by atoms with Gasteiger partial charge in [0.1, 0.15) is 17.1 Å². The Bertz CT molecular complexity index is 411. The van der Waals surface area contributed by atoms with Crippen LogP contribution in [0, 0.1) is 6.92 Å². The molecule has 0 fully saturated rings. The summed E-state index contributed by atoms with van der Waals surface area (Å²) in [5, 5.41) is 8.75. The molecule has 0 unspecified atom stereocenters. The van der Waals surface area contributed by atoms with E-state index in [-0.39, 0.29) is 23.6 Å². The van der Waals surface area contributed by atoms with E-state index >= 15 is 0 Å². The van der Waals surface area contributed by atoms with Gasteiger partial charge in [-0.1, -0.05) is 0 Å². The number of rotatable bonds is 4. The summed E-state index contributed by atoms with van der Waals surface area (Å²) in [5.41, 5.74) is -0.0274. The highest BCUT2D eigenvalue weighted by atomic mass is 19.4. The van der Waals surface area contributed by atoms with E-state index in [1.54, 1.807) is 0 Å². The van der Waals surface area contributed by atoms with E-state index in [9.17, 15) is 18.0 Å². The quantitative estimate of drug-likeness (QED) is 0.891. The minimum Gasteiger partial charge on any atom is -0.478 e. The van der Waals surface area contributed by atoms with Crippen LogP contribution in [0.1, 0.15) is 21.9 Å². The topological polar surface area (TPSA) is 53.7 Å². The molecule has 0 aromatic carbocycles. The molecule has 0 radical (unpaired) electrons. The fourth-order valence-corrected chi connectivity index (χ4v) is 1.46. The van der Waals surface area contributed by atoms with Crippen molar-refractivity contribution in [1.82, 2.24) is 4.90 Å². The van der Waals surface area contributed by atoms with Crippen LogP contribution in [0.15, 0.2) is 10.5 Å². The Hall–Kier alpha value is -1.50. The SMILES string of the molecule is Cc1oc(CN(C)CC(F)(F)F)cc1C(=O)O. The maximum absolute atomic E-state index is 12.1. The molecule has 17 heavy (non-hydrogen) atoms. The Labute approximate surface area is 95.6 Å². The number of nitrogens with zero attached hydrogens (tertiary/aromatic N) is 1. The Morgan fingerprint density at radius 1 is 1.53 bits per heavy atom. The van der Waals surface area contributed by atoms with Crippen molar-refractivity contribution in [2.45, 2.75) is 19.6 Å². The van der Waals surface area contributed by atoms with Crippen molar-refractivity contribution in [3.05, 3.63) is 23.2 Å². The molecule has 0 saturated heterocycles. The highest BCUT2D eigenvalue weighted by Gasteiger charge is 2.29. The van der Waals surface area contributed by atoms with Crippen molar-refractivity contribution in [2.75, 3.05) is 13.6 Å². The Kier molecular flexibility index (Phi) is 3.82. The fourth-order valence-electron chi connectivity index (χ4n) is 1.46. The summed E-state index contributed by atoms with van der Waals surface area (Å²) in [7, 11) is 1.28. The van der Waals surface area contributed by atoms with Crippen molar-refractivity contribution in [3.63, 3.8) is 0 Å². The van der Waals surface area contributed by atoms with Crippen LogP contribution in [0.2, 0.25) is 0 Å². The smallest absolute Gasteiger partial charge is 0.401 e. The summed E-state index contributed by atoms with van der Waals surface area (Å²) in [6.07, 6.45) is -4.29. The minimum atomic E-state index is -4.29. The number of hydrogen-bond donors (Lipinski definition) is 1. The molecule has 96 valence electrons. The number of aromatic carboxylic acids is 1. The van der Waals surface area contributed by atoms with Gasteiger partial charge in [0, 0.05) is 0 Å². The second kappa shape index (κ2) is 4.79. The predicted molar refractivity (Wildman–Crippen MR) is 52.8 cm³/mol. The maximum Gasteiger partial charge on any atom is 0.401 e. The van der Waals surface area contributed by atoms with Gasteiger partial charge in [-0.3, -0.25) is 4.90 Å². The molecule has 1 aromatic heterocycles. The second-order valence-corrected chi connectivity index (χ2v) is 3.78. The first-order valence-electron chi connectivity index (χ1n) is 4.77. The Balaban J connectivity index is 2.69. The molecule has 0 bridgehead atoms. The van der Waals surface area contributed by atoms with Gasteiger partial charge in [-0.25, -0.2) is 4.79 Å².